The third-order valence-electron chi connectivity index (χ3n) is 3.22. The largest absolute Gasteiger partial charge is 0.313 e. The molecule has 0 aromatic heterocycles. The fourth-order valence-electron chi connectivity index (χ4n) is 2.25. The number of hydrogen-bond acceptors (Lipinski definition) is 3. The molecule has 1 fully saturated rings. The zero-order chi connectivity index (χ0) is 10.6. The molecule has 2 unspecified atom stereocenters. The zero-order valence-electron chi connectivity index (χ0n) is 9.29. The van der Waals surface area contributed by atoms with Crippen molar-refractivity contribution in [1.29, 1.82) is 5.26 Å². The van der Waals surface area contributed by atoms with Crippen LogP contribution in [0.5, 0.6) is 0 Å². The Morgan fingerprint density at radius 2 is 2.36 bits per heavy atom. The van der Waals surface area contributed by atoms with E-state index in [0.717, 1.165) is 32.4 Å². The van der Waals surface area contributed by atoms with Gasteiger partial charge in [0, 0.05) is 6.54 Å². The first-order chi connectivity index (χ1) is 6.59. The van der Waals surface area contributed by atoms with Gasteiger partial charge in [0.1, 0.15) is 5.54 Å². The van der Waals surface area contributed by atoms with Crippen molar-refractivity contribution in [2.24, 2.45) is 11.7 Å². The van der Waals surface area contributed by atoms with Gasteiger partial charge in [0.25, 0.3) is 0 Å². The van der Waals surface area contributed by atoms with Crippen LogP contribution in [0.1, 0.15) is 32.6 Å². The molecule has 0 saturated heterocycles. The fourth-order valence-corrected chi connectivity index (χ4v) is 2.25. The molecule has 0 aromatic carbocycles. The second kappa shape index (κ2) is 4.77. The van der Waals surface area contributed by atoms with E-state index in [9.17, 15) is 0 Å². The highest BCUT2D eigenvalue weighted by molar-refractivity contribution is 5.07. The molecule has 0 amide bonds. The monoisotopic (exact) mass is 195 g/mol. The molecule has 2 N–H and O–H groups in total. The maximum Gasteiger partial charge on any atom is 0.104 e. The second-order valence-electron chi connectivity index (χ2n) is 4.59. The van der Waals surface area contributed by atoms with E-state index in [1.54, 1.807) is 0 Å². The Morgan fingerprint density at radius 1 is 1.64 bits per heavy atom. The number of nitriles is 1. The first-order valence-electron chi connectivity index (χ1n) is 5.48. The minimum atomic E-state index is -0.544. The zero-order valence-corrected chi connectivity index (χ0v) is 9.29. The summed E-state index contributed by atoms with van der Waals surface area (Å²) >= 11 is 0. The third kappa shape index (κ3) is 2.97. The summed E-state index contributed by atoms with van der Waals surface area (Å²) in [6.45, 7) is 4.31. The van der Waals surface area contributed by atoms with Gasteiger partial charge in [-0.05, 0) is 38.8 Å². The molecule has 0 heterocycles. The van der Waals surface area contributed by atoms with Crippen LogP contribution in [0.15, 0.2) is 0 Å². The summed E-state index contributed by atoms with van der Waals surface area (Å²) in [5, 5.41) is 8.97. The van der Waals surface area contributed by atoms with E-state index in [1.165, 1.54) is 6.42 Å². The lowest BCUT2D eigenvalue weighted by molar-refractivity contribution is 0.205. The Labute approximate surface area is 86.9 Å². The summed E-state index contributed by atoms with van der Waals surface area (Å²) in [6, 6.07) is 2.26. The summed E-state index contributed by atoms with van der Waals surface area (Å²) < 4.78 is 0. The first-order valence-corrected chi connectivity index (χ1v) is 5.48. The highest BCUT2D eigenvalue weighted by Crippen LogP contribution is 2.30. The molecule has 1 aliphatic rings. The molecule has 14 heavy (non-hydrogen) atoms. The lowest BCUT2D eigenvalue weighted by Gasteiger charge is -2.34. The lowest BCUT2D eigenvalue weighted by atomic mass is 9.77. The van der Waals surface area contributed by atoms with Gasteiger partial charge in [0.2, 0.25) is 0 Å². The highest BCUT2D eigenvalue weighted by atomic mass is 15.1. The molecule has 1 aliphatic carbocycles. The average Bonchev–Trinajstić information content (AvgIpc) is 2.18. The molecule has 0 bridgehead atoms. The molecule has 3 nitrogen and oxygen atoms in total. The van der Waals surface area contributed by atoms with E-state index in [1.807, 2.05) is 0 Å². The van der Waals surface area contributed by atoms with Crippen LogP contribution in [-0.2, 0) is 0 Å². The van der Waals surface area contributed by atoms with Crippen LogP contribution >= 0.6 is 0 Å². The maximum absolute atomic E-state index is 8.97. The lowest BCUT2D eigenvalue weighted by Crippen LogP contribution is -2.44. The molecule has 0 aromatic rings. The summed E-state index contributed by atoms with van der Waals surface area (Å²) in [7, 11) is 2.12. The van der Waals surface area contributed by atoms with Crippen LogP contribution in [0.4, 0.5) is 0 Å². The smallest absolute Gasteiger partial charge is 0.104 e. The van der Waals surface area contributed by atoms with Crippen LogP contribution in [0.25, 0.3) is 0 Å². The van der Waals surface area contributed by atoms with Gasteiger partial charge in [-0.15, -0.1) is 0 Å². The molecule has 0 spiro atoms. The van der Waals surface area contributed by atoms with Crippen molar-refractivity contribution in [1.82, 2.24) is 4.90 Å². The van der Waals surface area contributed by atoms with Crippen molar-refractivity contribution >= 4 is 0 Å². The molecule has 1 saturated carbocycles. The minimum Gasteiger partial charge on any atom is -0.313 e. The van der Waals surface area contributed by atoms with Gasteiger partial charge in [-0.1, -0.05) is 13.3 Å². The van der Waals surface area contributed by atoms with E-state index in [4.69, 9.17) is 11.0 Å². The van der Waals surface area contributed by atoms with E-state index < -0.39 is 5.54 Å². The molecular weight excluding hydrogens is 174 g/mol. The molecular formula is C11H21N3. The average molecular weight is 195 g/mol. The van der Waals surface area contributed by atoms with Gasteiger partial charge in [-0.3, -0.25) is 0 Å². The van der Waals surface area contributed by atoms with Crippen LogP contribution < -0.4 is 5.73 Å². The van der Waals surface area contributed by atoms with Gasteiger partial charge in [-0.25, -0.2) is 0 Å². The number of nitrogens with two attached hydrogens (primary N) is 1. The SMILES string of the molecule is CCN(C)CC1CCCC(N)(C#N)C1. The Kier molecular flexibility index (Phi) is 3.91. The van der Waals surface area contributed by atoms with Crippen molar-refractivity contribution < 1.29 is 0 Å². The van der Waals surface area contributed by atoms with Crippen molar-refractivity contribution in [2.75, 3.05) is 20.1 Å². The van der Waals surface area contributed by atoms with Crippen LogP contribution in [0.2, 0.25) is 0 Å². The number of hydrogen-bond donors (Lipinski definition) is 1. The summed E-state index contributed by atoms with van der Waals surface area (Å²) in [6.07, 6.45) is 4.07. The predicted molar refractivity (Wildman–Crippen MR) is 57.7 cm³/mol. The van der Waals surface area contributed by atoms with Crippen molar-refractivity contribution in [2.45, 2.75) is 38.1 Å². The normalized spacial score (nSPS) is 32.9. The number of nitrogens with zero attached hydrogens (tertiary/aromatic N) is 2. The van der Waals surface area contributed by atoms with E-state index in [0.29, 0.717) is 5.92 Å². The van der Waals surface area contributed by atoms with E-state index >= 15 is 0 Å². The van der Waals surface area contributed by atoms with Gasteiger partial charge >= 0.3 is 0 Å². The Hall–Kier alpha value is -0.590. The quantitative estimate of drug-likeness (QED) is 0.739. The van der Waals surface area contributed by atoms with Gasteiger partial charge in [0.15, 0.2) is 0 Å². The molecule has 3 heteroatoms. The second-order valence-corrected chi connectivity index (χ2v) is 4.59. The topological polar surface area (TPSA) is 53.0 Å². The van der Waals surface area contributed by atoms with Gasteiger partial charge in [-0.2, -0.15) is 5.26 Å². The van der Waals surface area contributed by atoms with Crippen LogP contribution in [0, 0.1) is 17.2 Å². The standard InChI is InChI=1S/C11H21N3/c1-3-14(2)8-10-5-4-6-11(13,7-10)9-12/h10H,3-8,13H2,1-2H3. The van der Waals surface area contributed by atoms with Crippen molar-refractivity contribution in [3.05, 3.63) is 0 Å². The molecule has 2 atom stereocenters. The highest BCUT2D eigenvalue weighted by Gasteiger charge is 2.32. The Bertz CT molecular complexity index is 221. The first kappa shape index (κ1) is 11.5. The Balaban J connectivity index is 2.45. The molecule has 1 rings (SSSR count). The van der Waals surface area contributed by atoms with Gasteiger partial charge < -0.3 is 10.6 Å². The Morgan fingerprint density at radius 3 is 2.93 bits per heavy atom. The van der Waals surface area contributed by atoms with Gasteiger partial charge in [0.05, 0.1) is 6.07 Å². The maximum atomic E-state index is 8.97. The third-order valence-corrected chi connectivity index (χ3v) is 3.22. The van der Waals surface area contributed by atoms with Crippen LogP contribution in [0.3, 0.4) is 0 Å². The molecule has 0 radical (unpaired) electrons. The van der Waals surface area contributed by atoms with E-state index in [-0.39, 0.29) is 0 Å². The van der Waals surface area contributed by atoms with Crippen molar-refractivity contribution in [3.8, 4) is 6.07 Å². The molecule has 0 aliphatic heterocycles. The number of rotatable bonds is 3. The predicted octanol–water partition coefficient (Wildman–Crippen LogP) is 1.35. The van der Waals surface area contributed by atoms with Crippen molar-refractivity contribution in [3.63, 3.8) is 0 Å². The molecule has 80 valence electrons. The summed E-state index contributed by atoms with van der Waals surface area (Å²) in [5.74, 6) is 0.610. The minimum absolute atomic E-state index is 0.544. The summed E-state index contributed by atoms with van der Waals surface area (Å²) in [4.78, 5) is 2.30. The van der Waals surface area contributed by atoms with E-state index in [2.05, 4.69) is 24.9 Å². The fraction of sp³-hybridized carbons (Fsp3) is 0.909. The summed E-state index contributed by atoms with van der Waals surface area (Å²) in [5.41, 5.74) is 5.44. The van der Waals surface area contributed by atoms with Crippen LogP contribution in [-0.4, -0.2) is 30.6 Å².